The minimum absolute atomic E-state index is 0.132. The zero-order valence-electron chi connectivity index (χ0n) is 19.6. The highest BCUT2D eigenvalue weighted by atomic mass is 16.2. The highest BCUT2D eigenvalue weighted by Gasteiger charge is 2.49. The molecule has 1 saturated carbocycles. The van der Waals surface area contributed by atoms with Gasteiger partial charge in [-0.15, -0.1) is 0 Å². The van der Waals surface area contributed by atoms with E-state index in [0.29, 0.717) is 17.8 Å². The third kappa shape index (κ3) is 3.61. The molecule has 2 aromatic heterocycles. The molecule has 7 nitrogen and oxygen atoms in total. The van der Waals surface area contributed by atoms with Gasteiger partial charge in [-0.3, -0.25) is 24.4 Å². The van der Waals surface area contributed by atoms with Crippen LogP contribution in [0.5, 0.6) is 0 Å². The van der Waals surface area contributed by atoms with Crippen molar-refractivity contribution in [2.75, 3.05) is 0 Å². The molecule has 0 spiro atoms. The minimum atomic E-state index is -0.369. The normalized spacial score (nSPS) is 17.2. The van der Waals surface area contributed by atoms with Crippen LogP contribution in [0, 0.1) is 6.92 Å². The second-order valence-corrected chi connectivity index (χ2v) is 9.08. The Kier molecular flexibility index (Phi) is 5.77. The number of aromatic amines is 1. The van der Waals surface area contributed by atoms with Crippen molar-refractivity contribution in [3.63, 3.8) is 0 Å². The van der Waals surface area contributed by atoms with Gasteiger partial charge >= 0.3 is 5.91 Å². The molecule has 0 unspecified atom stereocenters. The van der Waals surface area contributed by atoms with E-state index in [0.717, 1.165) is 37.7 Å². The summed E-state index contributed by atoms with van der Waals surface area (Å²) in [4.78, 5) is 42.9. The van der Waals surface area contributed by atoms with Gasteiger partial charge in [-0.05, 0) is 44.4 Å². The van der Waals surface area contributed by atoms with E-state index in [1.165, 1.54) is 9.58 Å². The first-order chi connectivity index (χ1) is 16.5. The molecular formula is C27H29N4O3+. The quantitative estimate of drug-likeness (QED) is 0.471. The lowest BCUT2D eigenvalue weighted by Crippen LogP contribution is -2.45. The SMILES string of the molecule is CCc1[nH]n(-c2ccccc2)c(=O)c1C1=C([n+]2cccc(C)c2)C(=O)N(C2CCCCC2)C1=O. The summed E-state index contributed by atoms with van der Waals surface area (Å²) < 4.78 is 3.16. The molecule has 5 rings (SSSR count). The molecule has 7 heteroatoms. The zero-order valence-corrected chi connectivity index (χ0v) is 19.6. The molecule has 2 aliphatic rings. The fourth-order valence-corrected chi connectivity index (χ4v) is 5.16. The van der Waals surface area contributed by atoms with E-state index in [1.54, 1.807) is 10.8 Å². The lowest BCUT2D eigenvalue weighted by molar-refractivity contribution is -0.577. The van der Waals surface area contributed by atoms with Gasteiger partial charge in [-0.25, -0.2) is 4.68 Å². The van der Waals surface area contributed by atoms with E-state index in [1.807, 2.05) is 62.5 Å². The average Bonchev–Trinajstić information content (AvgIpc) is 3.32. The Morgan fingerprint density at radius 2 is 1.71 bits per heavy atom. The molecule has 0 bridgehead atoms. The Balaban J connectivity index is 1.74. The van der Waals surface area contributed by atoms with Crippen molar-refractivity contribution in [1.82, 2.24) is 14.7 Å². The fourth-order valence-electron chi connectivity index (χ4n) is 5.16. The lowest BCUT2D eigenvalue weighted by Gasteiger charge is -2.29. The van der Waals surface area contributed by atoms with E-state index < -0.39 is 0 Å². The van der Waals surface area contributed by atoms with Crippen molar-refractivity contribution in [2.24, 2.45) is 0 Å². The fraction of sp³-hybridized carbons (Fsp3) is 0.333. The van der Waals surface area contributed by atoms with Crippen molar-refractivity contribution in [3.8, 4) is 5.69 Å². The van der Waals surface area contributed by atoms with Gasteiger partial charge < -0.3 is 0 Å². The number of rotatable bonds is 5. The minimum Gasteiger partial charge on any atom is -0.294 e. The van der Waals surface area contributed by atoms with E-state index in [2.05, 4.69) is 5.10 Å². The summed E-state index contributed by atoms with van der Waals surface area (Å²) in [6.07, 6.45) is 8.84. The number of aromatic nitrogens is 3. The Hall–Kier alpha value is -3.74. The number of hydrogen-bond acceptors (Lipinski definition) is 3. The van der Waals surface area contributed by atoms with Crippen LogP contribution in [0.4, 0.5) is 0 Å². The molecule has 1 N–H and O–H groups in total. The number of benzene rings is 1. The Labute approximate surface area is 198 Å². The first-order valence-corrected chi connectivity index (χ1v) is 12.0. The Bertz CT molecular complexity index is 1340. The van der Waals surface area contributed by atoms with Crippen molar-refractivity contribution in [3.05, 3.63) is 82.0 Å². The van der Waals surface area contributed by atoms with Crippen molar-refractivity contribution in [1.29, 1.82) is 0 Å². The Morgan fingerprint density at radius 1 is 0.971 bits per heavy atom. The van der Waals surface area contributed by atoms with Gasteiger partial charge in [0.15, 0.2) is 12.4 Å². The number of para-hydroxylation sites is 1. The predicted octanol–water partition coefficient (Wildman–Crippen LogP) is 3.39. The van der Waals surface area contributed by atoms with Gasteiger partial charge in [0.05, 0.1) is 11.3 Å². The standard InChI is InChI=1S/C27H28N4O3/c1-3-21-22(26(33)31(28-21)20-14-8-5-9-15-20)23-24(29-16-10-11-18(2)17-29)27(34)30(25(23)32)19-12-6-4-7-13-19/h5,8-11,14-17,19H,3-4,6-7,12-13H2,1-2H3/p+1. The van der Waals surface area contributed by atoms with E-state index in [-0.39, 0.29) is 40.2 Å². The summed E-state index contributed by atoms with van der Waals surface area (Å²) in [5.41, 5.74) is 2.69. The van der Waals surface area contributed by atoms with Crippen LogP contribution < -0.4 is 10.1 Å². The predicted molar refractivity (Wildman–Crippen MR) is 129 cm³/mol. The first-order valence-electron chi connectivity index (χ1n) is 12.0. The third-order valence-electron chi connectivity index (χ3n) is 6.82. The second kappa shape index (κ2) is 8.89. The lowest BCUT2D eigenvalue weighted by atomic mass is 9.94. The molecule has 0 radical (unpaired) electrons. The molecule has 34 heavy (non-hydrogen) atoms. The van der Waals surface area contributed by atoms with Crippen molar-refractivity contribution < 1.29 is 14.2 Å². The van der Waals surface area contributed by atoms with Crippen LogP contribution in [0.2, 0.25) is 0 Å². The van der Waals surface area contributed by atoms with Gasteiger partial charge in [0, 0.05) is 23.4 Å². The van der Waals surface area contributed by atoms with Gasteiger partial charge in [0.2, 0.25) is 0 Å². The number of hydrogen-bond donors (Lipinski definition) is 1. The number of aryl methyl sites for hydroxylation is 2. The number of H-pyrrole nitrogens is 1. The molecule has 0 atom stereocenters. The van der Waals surface area contributed by atoms with Gasteiger partial charge in [-0.1, -0.05) is 44.4 Å². The number of imide groups is 1. The average molecular weight is 458 g/mol. The third-order valence-corrected chi connectivity index (χ3v) is 6.82. The molecule has 1 aliphatic heterocycles. The molecule has 2 amide bonds. The molecule has 3 heterocycles. The van der Waals surface area contributed by atoms with Crippen LogP contribution in [-0.4, -0.2) is 32.5 Å². The summed E-state index contributed by atoms with van der Waals surface area (Å²) in [5, 5.41) is 3.18. The topological polar surface area (TPSA) is 79.1 Å². The summed E-state index contributed by atoms with van der Waals surface area (Å²) in [7, 11) is 0. The number of pyridine rings is 1. The molecular weight excluding hydrogens is 428 g/mol. The number of amides is 2. The first kappa shape index (κ1) is 22.1. The molecule has 1 fully saturated rings. The smallest absolute Gasteiger partial charge is 0.294 e. The summed E-state index contributed by atoms with van der Waals surface area (Å²) in [5.74, 6) is -0.691. The molecule has 1 aromatic carbocycles. The Morgan fingerprint density at radius 3 is 2.38 bits per heavy atom. The number of carbonyl (C=O) groups excluding carboxylic acids is 2. The van der Waals surface area contributed by atoms with E-state index >= 15 is 0 Å². The highest BCUT2D eigenvalue weighted by Crippen LogP contribution is 2.35. The zero-order chi connectivity index (χ0) is 23.8. The number of carbonyl (C=O) groups is 2. The van der Waals surface area contributed by atoms with Gasteiger partial charge in [0.25, 0.3) is 17.2 Å². The molecule has 0 saturated heterocycles. The van der Waals surface area contributed by atoms with Gasteiger partial charge in [0.1, 0.15) is 5.57 Å². The van der Waals surface area contributed by atoms with E-state index in [4.69, 9.17) is 0 Å². The number of nitrogens with one attached hydrogen (secondary N) is 1. The van der Waals surface area contributed by atoms with Crippen LogP contribution >= 0.6 is 0 Å². The molecule has 174 valence electrons. The van der Waals surface area contributed by atoms with Gasteiger partial charge in [-0.2, -0.15) is 4.57 Å². The van der Waals surface area contributed by atoms with E-state index in [9.17, 15) is 14.4 Å². The van der Waals surface area contributed by atoms with Crippen LogP contribution in [0.15, 0.2) is 59.7 Å². The van der Waals surface area contributed by atoms with Crippen LogP contribution in [0.25, 0.3) is 17.0 Å². The van der Waals surface area contributed by atoms with Crippen LogP contribution in [0.1, 0.15) is 55.8 Å². The summed E-state index contributed by atoms with van der Waals surface area (Å²) >= 11 is 0. The van der Waals surface area contributed by atoms with Crippen LogP contribution in [-0.2, 0) is 16.0 Å². The maximum atomic E-state index is 13.9. The van der Waals surface area contributed by atoms with Crippen molar-refractivity contribution in [2.45, 2.75) is 58.4 Å². The maximum Gasteiger partial charge on any atom is 0.327 e. The number of nitrogens with zero attached hydrogens (tertiary/aromatic N) is 3. The van der Waals surface area contributed by atoms with Crippen molar-refractivity contribution >= 4 is 23.1 Å². The highest BCUT2D eigenvalue weighted by molar-refractivity contribution is 6.44. The second-order valence-electron chi connectivity index (χ2n) is 9.08. The summed E-state index contributed by atoms with van der Waals surface area (Å²) in [6, 6.07) is 12.9. The molecule has 1 aliphatic carbocycles. The molecule has 3 aromatic rings. The summed E-state index contributed by atoms with van der Waals surface area (Å²) in [6.45, 7) is 3.87. The van der Waals surface area contributed by atoms with Crippen LogP contribution in [0.3, 0.4) is 0 Å². The largest absolute Gasteiger partial charge is 0.327 e. The monoisotopic (exact) mass is 457 g/mol. The maximum absolute atomic E-state index is 13.9.